The standard InChI is InChI=1S/C23H20N4O/c24-22(25)17-9-5-15(6-10-17)13-19-3-1-2-4-20(21(19)28)14-16-7-11-18(12-8-16)23(26)27/h1-14H,(H3,24,25)(H3,26,27)/p+2/b19-13+,20-14+. The molecule has 3 aromatic rings. The van der Waals surface area contributed by atoms with Crippen LogP contribution < -0.4 is 38.2 Å². The second-order valence-corrected chi connectivity index (χ2v) is 6.40. The fourth-order valence-corrected chi connectivity index (χ4v) is 2.77. The zero-order chi connectivity index (χ0) is 20.1. The van der Waals surface area contributed by atoms with Crippen molar-refractivity contribution >= 4 is 23.8 Å². The molecule has 0 fully saturated rings. The van der Waals surface area contributed by atoms with E-state index in [1.165, 1.54) is 0 Å². The van der Waals surface area contributed by atoms with Gasteiger partial charge in [-0.2, -0.15) is 0 Å². The average Bonchev–Trinajstić information content (AvgIpc) is 2.85. The van der Waals surface area contributed by atoms with Gasteiger partial charge in [-0.25, -0.2) is 0 Å². The fraction of sp³-hybridized carbons (Fsp3) is 0. The molecule has 138 valence electrons. The second kappa shape index (κ2) is 8.14. The third-order valence-electron chi connectivity index (χ3n) is 4.32. The first-order chi connectivity index (χ1) is 13.4. The third-order valence-corrected chi connectivity index (χ3v) is 4.32. The first kappa shape index (κ1) is 18.8. The van der Waals surface area contributed by atoms with Crippen molar-refractivity contribution in [2.75, 3.05) is 0 Å². The zero-order valence-corrected chi connectivity index (χ0v) is 15.3. The Hall–Kier alpha value is -3.99. The van der Waals surface area contributed by atoms with Gasteiger partial charge in [0.05, 0.1) is 11.1 Å². The summed E-state index contributed by atoms with van der Waals surface area (Å²) in [5, 5.41) is 12.4. The van der Waals surface area contributed by atoms with Gasteiger partial charge in [0.2, 0.25) is 0 Å². The third kappa shape index (κ3) is 4.40. The molecule has 0 aliphatic heterocycles. The molecule has 0 radical (unpaired) electrons. The fourth-order valence-electron chi connectivity index (χ4n) is 2.77. The van der Waals surface area contributed by atoms with Crippen LogP contribution in [-0.4, -0.2) is 11.7 Å². The predicted molar refractivity (Wildman–Crippen MR) is 112 cm³/mol. The molecule has 0 saturated carbocycles. The van der Waals surface area contributed by atoms with E-state index in [4.69, 9.17) is 22.3 Å². The lowest BCUT2D eigenvalue weighted by molar-refractivity contribution is -0.115. The van der Waals surface area contributed by atoms with Crippen molar-refractivity contribution in [3.63, 3.8) is 0 Å². The molecule has 5 nitrogen and oxygen atoms in total. The molecule has 0 saturated heterocycles. The number of nitrogens with two attached hydrogens (primary N) is 4. The van der Waals surface area contributed by atoms with E-state index in [2.05, 4.69) is 0 Å². The van der Waals surface area contributed by atoms with Gasteiger partial charge in [-0.1, -0.05) is 48.5 Å². The zero-order valence-electron chi connectivity index (χ0n) is 15.3. The maximum absolute atomic E-state index is 13.0. The van der Waals surface area contributed by atoms with Gasteiger partial charge in [0.1, 0.15) is 0 Å². The van der Waals surface area contributed by atoms with Crippen LogP contribution in [0.15, 0.2) is 77.6 Å². The summed E-state index contributed by atoms with van der Waals surface area (Å²) in [6, 6.07) is 22.1. The first-order valence-electron chi connectivity index (χ1n) is 8.73. The van der Waals surface area contributed by atoms with Crippen LogP contribution >= 0.6 is 0 Å². The maximum atomic E-state index is 13.0. The van der Waals surface area contributed by atoms with E-state index < -0.39 is 0 Å². The molecule has 0 unspecified atom stereocenters. The highest BCUT2D eigenvalue weighted by atomic mass is 16.1. The summed E-state index contributed by atoms with van der Waals surface area (Å²) in [4.78, 5) is 13.0. The van der Waals surface area contributed by atoms with Crippen molar-refractivity contribution in [2.24, 2.45) is 11.5 Å². The number of hydrogen-bond acceptors (Lipinski definition) is 1. The average molecular weight is 370 g/mol. The number of hydrogen-bond donors (Lipinski definition) is 4. The molecule has 3 rings (SSSR count). The van der Waals surface area contributed by atoms with Gasteiger partial charge in [0, 0.05) is 10.4 Å². The Balaban J connectivity index is 2.08. The van der Waals surface area contributed by atoms with Crippen molar-refractivity contribution in [1.29, 1.82) is 0 Å². The summed E-state index contributed by atoms with van der Waals surface area (Å²) in [6.45, 7) is 0. The number of rotatable bonds is 4. The molecule has 28 heavy (non-hydrogen) atoms. The minimum absolute atomic E-state index is 0.0621. The van der Waals surface area contributed by atoms with Gasteiger partial charge in [0.15, 0.2) is 5.43 Å². The molecule has 0 aliphatic rings. The highest BCUT2D eigenvalue weighted by Gasteiger charge is 2.01. The lowest BCUT2D eigenvalue weighted by Crippen LogP contribution is -2.46. The second-order valence-electron chi connectivity index (χ2n) is 6.40. The van der Waals surface area contributed by atoms with E-state index in [9.17, 15) is 4.79 Å². The van der Waals surface area contributed by atoms with E-state index in [0.717, 1.165) is 22.3 Å². The molecule has 3 aromatic carbocycles. The Kier molecular flexibility index (Phi) is 5.46. The van der Waals surface area contributed by atoms with Crippen LogP contribution in [0.25, 0.3) is 12.2 Å². The molecular weight excluding hydrogens is 348 g/mol. The first-order valence-corrected chi connectivity index (χ1v) is 8.73. The normalized spacial score (nSPS) is 12.0. The molecule has 0 amide bonds. The summed E-state index contributed by atoms with van der Waals surface area (Å²) in [5.74, 6) is 0.526. The van der Waals surface area contributed by atoms with Crippen LogP contribution in [-0.2, 0) is 0 Å². The van der Waals surface area contributed by atoms with Crippen molar-refractivity contribution in [3.8, 4) is 0 Å². The summed E-state index contributed by atoms with van der Waals surface area (Å²) in [7, 11) is 0. The minimum Gasteiger partial charge on any atom is -0.289 e. The van der Waals surface area contributed by atoms with Gasteiger partial charge < -0.3 is 0 Å². The van der Waals surface area contributed by atoms with Crippen molar-refractivity contribution in [1.82, 2.24) is 0 Å². The summed E-state index contributed by atoms with van der Waals surface area (Å²) in [5.41, 5.74) is 14.4. The molecule has 5 heteroatoms. The quantitative estimate of drug-likeness (QED) is 0.304. The lowest BCUT2D eigenvalue weighted by Gasteiger charge is -1.96. The number of amidine groups is 2. The van der Waals surface area contributed by atoms with Crippen molar-refractivity contribution in [2.45, 2.75) is 0 Å². The van der Waals surface area contributed by atoms with Crippen LogP contribution in [0.2, 0.25) is 0 Å². The monoisotopic (exact) mass is 370 g/mol. The molecule has 0 aromatic heterocycles. The van der Waals surface area contributed by atoms with Crippen LogP contribution in [0.4, 0.5) is 0 Å². The summed E-state index contributed by atoms with van der Waals surface area (Å²) < 4.78 is 0. The predicted octanol–water partition coefficient (Wildman–Crippen LogP) is -2.37. The van der Waals surface area contributed by atoms with Gasteiger partial charge in [0.25, 0.3) is 11.7 Å². The SMILES string of the molecule is NC(=[NH2+])c1ccc(/C=c2\cccc/c(=C\c3ccc(C(N)=[NH2+])cc3)c2=O)cc1. The van der Waals surface area contributed by atoms with Crippen LogP contribution in [0.5, 0.6) is 0 Å². The Bertz CT molecular complexity index is 1120. The Morgan fingerprint density at radius 3 is 1.32 bits per heavy atom. The number of benzene rings is 2. The van der Waals surface area contributed by atoms with Crippen LogP contribution in [0, 0.1) is 0 Å². The topological polar surface area (TPSA) is 120 Å². The Morgan fingerprint density at radius 1 is 0.643 bits per heavy atom. The van der Waals surface area contributed by atoms with Crippen molar-refractivity contribution in [3.05, 3.63) is 116 Å². The highest BCUT2D eigenvalue weighted by molar-refractivity contribution is 5.93. The van der Waals surface area contributed by atoms with E-state index in [-0.39, 0.29) is 17.1 Å². The Morgan fingerprint density at radius 2 is 1.00 bits per heavy atom. The Labute approximate surface area is 162 Å². The molecule has 0 atom stereocenters. The molecule has 8 N–H and O–H groups in total. The highest BCUT2D eigenvalue weighted by Crippen LogP contribution is 2.04. The molecule has 0 heterocycles. The van der Waals surface area contributed by atoms with Gasteiger partial charge in [-0.15, -0.1) is 0 Å². The molecule has 0 aliphatic carbocycles. The summed E-state index contributed by atoms with van der Waals surface area (Å²) >= 11 is 0. The largest absolute Gasteiger partial charge is 0.289 e. The van der Waals surface area contributed by atoms with E-state index >= 15 is 0 Å². The molecule has 0 bridgehead atoms. The molecule has 0 spiro atoms. The van der Waals surface area contributed by atoms with Crippen LogP contribution in [0.1, 0.15) is 22.3 Å². The van der Waals surface area contributed by atoms with Crippen LogP contribution in [0.3, 0.4) is 0 Å². The minimum atomic E-state index is -0.0621. The van der Waals surface area contributed by atoms with E-state index in [1.54, 1.807) is 12.1 Å². The lowest BCUT2D eigenvalue weighted by atomic mass is 10.1. The van der Waals surface area contributed by atoms with Gasteiger partial charge >= 0.3 is 0 Å². The molecular formula is C23H22N4O+2. The van der Waals surface area contributed by atoms with Gasteiger partial charge in [-0.05, 0) is 47.5 Å². The van der Waals surface area contributed by atoms with E-state index in [1.807, 2.05) is 72.8 Å². The van der Waals surface area contributed by atoms with E-state index in [0.29, 0.717) is 10.4 Å². The van der Waals surface area contributed by atoms with Crippen molar-refractivity contribution < 1.29 is 10.8 Å². The maximum Gasteiger partial charge on any atom is 0.270 e. The van der Waals surface area contributed by atoms with Gasteiger partial charge in [-0.3, -0.25) is 27.1 Å². The summed E-state index contributed by atoms with van der Waals surface area (Å²) in [6.07, 6.45) is 3.67. The smallest absolute Gasteiger partial charge is 0.270 e.